The van der Waals surface area contributed by atoms with Crippen molar-refractivity contribution in [2.75, 3.05) is 14.2 Å². The molecule has 0 amide bonds. The van der Waals surface area contributed by atoms with E-state index >= 15 is 0 Å². The number of hydroxylamine groups is 2. The van der Waals surface area contributed by atoms with Crippen molar-refractivity contribution in [1.82, 2.24) is 5.06 Å². The van der Waals surface area contributed by atoms with Gasteiger partial charge >= 0.3 is 5.97 Å². The van der Waals surface area contributed by atoms with Gasteiger partial charge in [0, 0.05) is 7.05 Å². The van der Waals surface area contributed by atoms with E-state index in [1.54, 1.807) is 0 Å². The highest BCUT2D eigenvalue weighted by Gasteiger charge is 2.48. The van der Waals surface area contributed by atoms with Crippen LogP contribution in [0.3, 0.4) is 0 Å². The maximum absolute atomic E-state index is 10.7. The highest BCUT2D eigenvalue weighted by atomic mass is 16.7. The van der Waals surface area contributed by atoms with E-state index in [1.165, 1.54) is 14.2 Å². The fourth-order valence-corrected chi connectivity index (χ4v) is 1.47. The summed E-state index contributed by atoms with van der Waals surface area (Å²) in [6, 6.07) is 0. The third kappa shape index (κ3) is 2.32. The number of hydrogen-bond donors (Lipinski definition) is 4. The summed E-state index contributed by atoms with van der Waals surface area (Å²) in [4.78, 5) is 15.5. The van der Waals surface area contributed by atoms with Gasteiger partial charge in [0.2, 0.25) is 0 Å². The van der Waals surface area contributed by atoms with E-state index in [1.807, 2.05) is 0 Å². The number of likely N-dealkylation sites (N-methyl/N-ethyl adjacent to an activating group) is 1. The first kappa shape index (κ1) is 13.3. The Hall–Kier alpha value is -0.770. The number of carboxylic acids is 1. The summed E-state index contributed by atoms with van der Waals surface area (Å²) in [6.07, 6.45) is -7.53. The van der Waals surface area contributed by atoms with Crippen LogP contribution in [0.2, 0.25) is 0 Å². The van der Waals surface area contributed by atoms with Crippen LogP contribution in [0.25, 0.3) is 0 Å². The van der Waals surface area contributed by atoms with Gasteiger partial charge in [0.15, 0.2) is 12.3 Å². The Morgan fingerprint density at radius 3 is 2.25 bits per heavy atom. The van der Waals surface area contributed by atoms with Crippen LogP contribution in [0, 0.1) is 0 Å². The second-order valence-corrected chi connectivity index (χ2v) is 3.49. The zero-order chi connectivity index (χ0) is 12.5. The largest absolute Gasteiger partial charge is 0.479 e. The molecule has 0 spiro atoms. The first-order valence-corrected chi connectivity index (χ1v) is 4.59. The average molecular weight is 237 g/mol. The van der Waals surface area contributed by atoms with Gasteiger partial charge in [0.1, 0.15) is 18.3 Å². The van der Waals surface area contributed by atoms with E-state index in [9.17, 15) is 20.1 Å². The molecule has 0 bridgehead atoms. The molecule has 16 heavy (non-hydrogen) atoms. The molecule has 8 nitrogen and oxygen atoms in total. The predicted molar refractivity (Wildman–Crippen MR) is 49.1 cm³/mol. The summed E-state index contributed by atoms with van der Waals surface area (Å²) < 4.78 is 4.94. The van der Waals surface area contributed by atoms with Crippen molar-refractivity contribution in [1.29, 1.82) is 0 Å². The zero-order valence-corrected chi connectivity index (χ0v) is 8.85. The van der Waals surface area contributed by atoms with Gasteiger partial charge in [-0.2, -0.15) is 5.06 Å². The number of nitrogens with zero attached hydrogens (tertiary/aromatic N) is 1. The standard InChI is InChI=1S/C8H15NO7/c1-9(15-2)7-5(12)3(10)4(11)6(16-7)8(13)14/h3-7,10-12H,1-2H3,(H,13,14)/t3?,4-,5?,6?,7-/m1/s1. The molecule has 0 saturated carbocycles. The van der Waals surface area contributed by atoms with Gasteiger partial charge in [-0.15, -0.1) is 0 Å². The number of ether oxygens (including phenoxy) is 1. The smallest absolute Gasteiger partial charge is 0.335 e. The van der Waals surface area contributed by atoms with E-state index < -0.39 is 36.6 Å². The Kier molecular flexibility index (Phi) is 4.19. The molecule has 1 rings (SSSR count). The summed E-state index contributed by atoms with van der Waals surface area (Å²) in [5.74, 6) is -1.42. The normalized spacial score (nSPS) is 40.0. The Morgan fingerprint density at radius 1 is 1.25 bits per heavy atom. The summed E-state index contributed by atoms with van der Waals surface area (Å²) in [7, 11) is 2.69. The molecule has 0 aliphatic carbocycles. The lowest BCUT2D eigenvalue weighted by Gasteiger charge is -2.41. The number of aliphatic hydroxyl groups excluding tert-OH is 3. The topological polar surface area (TPSA) is 120 Å². The summed E-state index contributed by atoms with van der Waals surface area (Å²) in [5.41, 5.74) is 0. The quantitative estimate of drug-likeness (QED) is 0.393. The van der Waals surface area contributed by atoms with Gasteiger partial charge in [-0.05, 0) is 0 Å². The zero-order valence-electron chi connectivity index (χ0n) is 8.85. The number of aliphatic carboxylic acids is 1. The fraction of sp³-hybridized carbons (Fsp3) is 0.875. The second kappa shape index (κ2) is 5.04. The lowest BCUT2D eigenvalue weighted by Crippen LogP contribution is -2.63. The molecule has 5 atom stereocenters. The monoisotopic (exact) mass is 237 g/mol. The van der Waals surface area contributed by atoms with Crippen molar-refractivity contribution in [2.45, 2.75) is 30.6 Å². The van der Waals surface area contributed by atoms with Crippen molar-refractivity contribution >= 4 is 5.97 Å². The molecule has 1 heterocycles. The highest BCUT2D eigenvalue weighted by Crippen LogP contribution is 2.23. The molecule has 1 aliphatic heterocycles. The van der Waals surface area contributed by atoms with Gasteiger partial charge in [-0.1, -0.05) is 0 Å². The SMILES string of the molecule is CON(C)[C@@H]1OC(C(=O)O)[C@H](O)C(O)C1O. The van der Waals surface area contributed by atoms with Crippen LogP contribution < -0.4 is 0 Å². The Balaban J connectivity index is 2.85. The Morgan fingerprint density at radius 2 is 1.81 bits per heavy atom. The van der Waals surface area contributed by atoms with Crippen molar-refractivity contribution in [3.8, 4) is 0 Å². The van der Waals surface area contributed by atoms with Crippen molar-refractivity contribution in [2.24, 2.45) is 0 Å². The molecule has 94 valence electrons. The molecule has 1 saturated heterocycles. The summed E-state index contributed by atoms with van der Waals surface area (Å²) >= 11 is 0. The number of carbonyl (C=O) groups is 1. The van der Waals surface area contributed by atoms with Gasteiger partial charge in [-0.3, -0.25) is 4.84 Å². The molecular formula is C8H15NO7. The molecule has 8 heteroatoms. The summed E-state index contributed by atoms with van der Waals surface area (Å²) in [6.45, 7) is 0. The van der Waals surface area contributed by atoms with E-state index in [0.717, 1.165) is 5.06 Å². The van der Waals surface area contributed by atoms with Gasteiger partial charge in [-0.25, -0.2) is 4.79 Å². The van der Waals surface area contributed by atoms with Gasteiger partial charge in [0.25, 0.3) is 0 Å². The molecule has 0 aromatic carbocycles. The van der Waals surface area contributed by atoms with Crippen LogP contribution in [0.1, 0.15) is 0 Å². The van der Waals surface area contributed by atoms with Crippen LogP contribution in [0.4, 0.5) is 0 Å². The lowest BCUT2D eigenvalue weighted by atomic mass is 9.98. The van der Waals surface area contributed by atoms with Gasteiger partial charge < -0.3 is 25.2 Å². The predicted octanol–water partition coefficient (Wildman–Crippen LogP) is -2.63. The third-order valence-corrected chi connectivity index (χ3v) is 2.48. The Bertz CT molecular complexity index is 261. The van der Waals surface area contributed by atoms with Crippen LogP contribution >= 0.6 is 0 Å². The first-order chi connectivity index (χ1) is 7.40. The number of aliphatic hydroxyl groups is 3. The van der Waals surface area contributed by atoms with E-state index in [2.05, 4.69) is 0 Å². The Labute approximate surface area is 91.6 Å². The van der Waals surface area contributed by atoms with E-state index in [4.69, 9.17) is 14.7 Å². The highest BCUT2D eigenvalue weighted by molar-refractivity contribution is 5.73. The molecule has 3 unspecified atom stereocenters. The van der Waals surface area contributed by atoms with Crippen LogP contribution in [-0.4, -0.2) is 76.3 Å². The van der Waals surface area contributed by atoms with Gasteiger partial charge in [0.05, 0.1) is 7.11 Å². The number of carboxylic acid groups (broad SMARTS) is 1. The lowest BCUT2D eigenvalue weighted by molar-refractivity contribution is -0.313. The fourth-order valence-electron chi connectivity index (χ4n) is 1.47. The van der Waals surface area contributed by atoms with Crippen molar-refractivity contribution < 1.29 is 34.8 Å². The second-order valence-electron chi connectivity index (χ2n) is 3.49. The molecule has 1 fully saturated rings. The molecular weight excluding hydrogens is 222 g/mol. The summed E-state index contributed by atoms with van der Waals surface area (Å²) in [5, 5.41) is 38.2. The third-order valence-electron chi connectivity index (χ3n) is 2.48. The van der Waals surface area contributed by atoms with E-state index in [0.29, 0.717) is 0 Å². The maximum atomic E-state index is 10.7. The minimum Gasteiger partial charge on any atom is -0.479 e. The van der Waals surface area contributed by atoms with Crippen LogP contribution in [0.5, 0.6) is 0 Å². The average Bonchev–Trinajstić information content (AvgIpc) is 2.25. The molecule has 1 aliphatic rings. The molecule has 0 radical (unpaired) electrons. The molecule has 4 N–H and O–H groups in total. The van der Waals surface area contributed by atoms with Crippen LogP contribution in [0.15, 0.2) is 0 Å². The van der Waals surface area contributed by atoms with Crippen LogP contribution in [-0.2, 0) is 14.4 Å². The molecule has 0 aromatic heterocycles. The first-order valence-electron chi connectivity index (χ1n) is 4.59. The van der Waals surface area contributed by atoms with Crippen molar-refractivity contribution in [3.63, 3.8) is 0 Å². The number of hydrogen-bond acceptors (Lipinski definition) is 7. The minimum atomic E-state index is -1.69. The van der Waals surface area contributed by atoms with Crippen molar-refractivity contribution in [3.05, 3.63) is 0 Å². The molecule has 0 aromatic rings. The minimum absolute atomic E-state index is 1.05. The van der Waals surface area contributed by atoms with E-state index in [-0.39, 0.29) is 0 Å². The number of rotatable bonds is 3. The maximum Gasteiger partial charge on any atom is 0.335 e.